The minimum Gasteiger partial charge on any atom is -0.469 e. The van der Waals surface area contributed by atoms with Gasteiger partial charge in [-0.15, -0.1) is 11.3 Å². The number of thiophene rings is 1. The van der Waals surface area contributed by atoms with Gasteiger partial charge in [-0.05, 0) is 19.9 Å². The van der Waals surface area contributed by atoms with Crippen LogP contribution in [-0.2, 0) is 16.1 Å². The Labute approximate surface area is 110 Å². The number of hydrogen-bond donors (Lipinski definition) is 2. The van der Waals surface area contributed by atoms with Crippen molar-refractivity contribution in [3.63, 3.8) is 0 Å². The number of amides is 1. The molecule has 0 aliphatic heterocycles. The molecule has 0 atom stereocenters. The van der Waals surface area contributed by atoms with Gasteiger partial charge in [0.1, 0.15) is 0 Å². The maximum absolute atomic E-state index is 11.4. The first-order valence-electron chi connectivity index (χ1n) is 5.53. The van der Waals surface area contributed by atoms with Crippen LogP contribution in [0.3, 0.4) is 0 Å². The highest BCUT2D eigenvalue weighted by Crippen LogP contribution is 2.17. The third-order valence-electron chi connectivity index (χ3n) is 2.54. The van der Waals surface area contributed by atoms with Crippen LogP contribution in [0.25, 0.3) is 0 Å². The molecule has 0 unspecified atom stereocenters. The van der Waals surface area contributed by atoms with Crippen LogP contribution in [0.4, 0.5) is 0 Å². The van der Waals surface area contributed by atoms with Gasteiger partial charge in [0.2, 0.25) is 5.91 Å². The molecule has 1 aromatic rings. The lowest BCUT2D eigenvalue weighted by molar-refractivity contribution is -0.150. The molecule has 0 bridgehead atoms. The molecule has 6 heteroatoms. The number of methoxy groups -OCH3 is 1. The molecule has 1 rings (SSSR count). The molecular weight excluding hydrogens is 252 g/mol. The standard InChI is InChI=1S/C12H18N2O3S/c1-12(2,11(16)17-3)7-14-5-9-4-8(6-18-9)10(13)15/h4,6,14H,5,7H2,1-3H3,(H2,13,15). The third kappa shape index (κ3) is 3.82. The van der Waals surface area contributed by atoms with E-state index in [0.717, 1.165) is 4.88 Å². The summed E-state index contributed by atoms with van der Waals surface area (Å²) in [7, 11) is 1.38. The topological polar surface area (TPSA) is 81.4 Å². The van der Waals surface area contributed by atoms with E-state index >= 15 is 0 Å². The van der Waals surface area contributed by atoms with Crippen molar-refractivity contribution >= 4 is 23.2 Å². The average Bonchev–Trinajstić information content (AvgIpc) is 2.76. The van der Waals surface area contributed by atoms with Crippen LogP contribution in [0, 0.1) is 5.41 Å². The highest BCUT2D eigenvalue weighted by Gasteiger charge is 2.28. The number of carbonyl (C=O) groups is 2. The van der Waals surface area contributed by atoms with Crippen molar-refractivity contribution in [2.45, 2.75) is 20.4 Å². The summed E-state index contributed by atoms with van der Waals surface area (Å²) in [6.45, 7) is 4.73. The predicted molar refractivity (Wildman–Crippen MR) is 70.3 cm³/mol. The summed E-state index contributed by atoms with van der Waals surface area (Å²) in [4.78, 5) is 23.4. The van der Waals surface area contributed by atoms with Crippen molar-refractivity contribution in [2.75, 3.05) is 13.7 Å². The maximum Gasteiger partial charge on any atom is 0.312 e. The quantitative estimate of drug-likeness (QED) is 0.759. The molecule has 0 aliphatic carbocycles. The number of carbonyl (C=O) groups excluding carboxylic acids is 2. The normalized spacial score (nSPS) is 11.3. The average molecular weight is 270 g/mol. The van der Waals surface area contributed by atoms with Gasteiger partial charge in [-0.1, -0.05) is 0 Å². The van der Waals surface area contributed by atoms with Gasteiger partial charge in [0, 0.05) is 23.3 Å². The summed E-state index contributed by atoms with van der Waals surface area (Å²) in [6.07, 6.45) is 0. The number of primary amides is 1. The lowest BCUT2D eigenvalue weighted by Crippen LogP contribution is -2.36. The van der Waals surface area contributed by atoms with E-state index in [1.54, 1.807) is 11.4 Å². The Morgan fingerprint density at radius 1 is 1.50 bits per heavy atom. The van der Waals surface area contributed by atoms with Gasteiger partial charge in [0.15, 0.2) is 0 Å². The number of nitrogens with one attached hydrogen (secondary N) is 1. The minimum absolute atomic E-state index is 0.251. The highest BCUT2D eigenvalue weighted by atomic mass is 32.1. The Morgan fingerprint density at radius 3 is 2.67 bits per heavy atom. The number of hydrogen-bond acceptors (Lipinski definition) is 5. The Bertz CT molecular complexity index is 440. The van der Waals surface area contributed by atoms with Crippen molar-refractivity contribution in [3.8, 4) is 0 Å². The Morgan fingerprint density at radius 2 is 2.17 bits per heavy atom. The first-order chi connectivity index (χ1) is 8.36. The third-order valence-corrected chi connectivity index (χ3v) is 3.48. The fraction of sp³-hybridized carbons (Fsp3) is 0.500. The zero-order valence-corrected chi connectivity index (χ0v) is 11.6. The second-order valence-electron chi connectivity index (χ2n) is 4.64. The SMILES string of the molecule is COC(=O)C(C)(C)CNCc1cc(C(N)=O)cs1. The second kappa shape index (κ2) is 5.97. The van der Waals surface area contributed by atoms with Gasteiger partial charge in [0.25, 0.3) is 0 Å². The molecule has 18 heavy (non-hydrogen) atoms. The van der Waals surface area contributed by atoms with Crippen LogP contribution < -0.4 is 11.1 Å². The molecular formula is C12H18N2O3S. The van der Waals surface area contributed by atoms with Gasteiger partial charge in [-0.3, -0.25) is 9.59 Å². The fourth-order valence-electron chi connectivity index (χ4n) is 1.45. The zero-order chi connectivity index (χ0) is 13.8. The number of rotatable bonds is 6. The second-order valence-corrected chi connectivity index (χ2v) is 5.64. The number of nitrogens with two attached hydrogens (primary N) is 1. The van der Waals surface area contributed by atoms with Crippen LogP contribution in [0.1, 0.15) is 29.1 Å². The van der Waals surface area contributed by atoms with Crippen molar-refractivity contribution in [2.24, 2.45) is 11.1 Å². The van der Waals surface area contributed by atoms with E-state index in [1.807, 2.05) is 13.8 Å². The van der Waals surface area contributed by atoms with Gasteiger partial charge < -0.3 is 15.8 Å². The minimum atomic E-state index is -0.571. The molecule has 5 nitrogen and oxygen atoms in total. The van der Waals surface area contributed by atoms with E-state index in [4.69, 9.17) is 10.5 Å². The molecule has 100 valence electrons. The van der Waals surface area contributed by atoms with Crippen molar-refractivity contribution in [1.82, 2.24) is 5.32 Å². The number of esters is 1. The molecule has 0 fully saturated rings. The van der Waals surface area contributed by atoms with Crippen molar-refractivity contribution in [1.29, 1.82) is 0 Å². The maximum atomic E-state index is 11.4. The van der Waals surface area contributed by atoms with Gasteiger partial charge in [-0.2, -0.15) is 0 Å². The van der Waals surface area contributed by atoms with E-state index in [-0.39, 0.29) is 5.97 Å². The Hall–Kier alpha value is -1.40. The smallest absolute Gasteiger partial charge is 0.312 e. The van der Waals surface area contributed by atoms with E-state index in [2.05, 4.69) is 5.32 Å². The monoisotopic (exact) mass is 270 g/mol. The molecule has 0 saturated carbocycles. The summed E-state index contributed by atoms with van der Waals surface area (Å²) in [6, 6.07) is 1.76. The molecule has 0 saturated heterocycles. The molecule has 3 N–H and O–H groups in total. The number of ether oxygens (including phenoxy) is 1. The van der Waals surface area contributed by atoms with E-state index in [9.17, 15) is 9.59 Å². The Balaban J connectivity index is 2.46. The molecule has 0 spiro atoms. The summed E-state index contributed by atoms with van der Waals surface area (Å²) < 4.78 is 4.72. The molecule has 0 aromatic carbocycles. The van der Waals surface area contributed by atoms with E-state index in [1.165, 1.54) is 18.4 Å². The summed E-state index contributed by atoms with van der Waals surface area (Å²) in [5.41, 5.74) is 5.12. The van der Waals surface area contributed by atoms with Gasteiger partial charge >= 0.3 is 5.97 Å². The van der Waals surface area contributed by atoms with Crippen LogP contribution in [0.5, 0.6) is 0 Å². The van der Waals surface area contributed by atoms with E-state index in [0.29, 0.717) is 18.7 Å². The molecule has 0 aliphatic rings. The molecule has 1 amide bonds. The van der Waals surface area contributed by atoms with Crippen LogP contribution in [0.15, 0.2) is 11.4 Å². The largest absolute Gasteiger partial charge is 0.469 e. The lowest BCUT2D eigenvalue weighted by atomic mass is 9.94. The summed E-state index contributed by atoms with van der Waals surface area (Å²) >= 11 is 1.46. The van der Waals surface area contributed by atoms with Crippen molar-refractivity contribution < 1.29 is 14.3 Å². The molecule has 0 radical (unpaired) electrons. The lowest BCUT2D eigenvalue weighted by Gasteiger charge is -2.21. The zero-order valence-electron chi connectivity index (χ0n) is 10.8. The molecule has 1 heterocycles. The first kappa shape index (κ1) is 14.7. The predicted octanol–water partition coefficient (Wildman–Crippen LogP) is 1.14. The summed E-state index contributed by atoms with van der Waals surface area (Å²) in [5, 5.41) is 4.89. The van der Waals surface area contributed by atoms with Crippen LogP contribution in [0.2, 0.25) is 0 Å². The first-order valence-corrected chi connectivity index (χ1v) is 6.41. The van der Waals surface area contributed by atoms with Crippen molar-refractivity contribution in [3.05, 3.63) is 21.9 Å². The fourth-order valence-corrected chi connectivity index (χ4v) is 2.29. The van der Waals surface area contributed by atoms with Crippen LogP contribution >= 0.6 is 11.3 Å². The highest BCUT2D eigenvalue weighted by molar-refractivity contribution is 7.10. The van der Waals surface area contributed by atoms with E-state index < -0.39 is 11.3 Å². The molecule has 1 aromatic heterocycles. The van der Waals surface area contributed by atoms with Gasteiger partial charge in [0.05, 0.1) is 18.1 Å². The van der Waals surface area contributed by atoms with Crippen LogP contribution in [-0.4, -0.2) is 25.5 Å². The van der Waals surface area contributed by atoms with Gasteiger partial charge in [-0.25, -0.2) is 0 Å². The Kier molecular flexibility index (Phi) is 4.86. The summed E-state index contributed by atoms with van der Waals surface area (Å²) in [5.74, 6) is -0.675.